The summed E-state index contributed by atoms with van der Waals surface area (Å²) in [4.78, 5) is 33.9. The fourth-order valence-electron chi connectivity index (χ4n) is 3.07. The first-order valence-corrected chi connectivity index (χ1v) is 7.92. The van der Waals surface area contributed by atoms with Gasteiger partial charge in [0.15, 0.2) is 0 Å². The number of nitrogens with zero attached hydrogens (tertiary/aromatic N) is 3. The van der Waals surface area contributed by atoms with Crippen molar-refractivity contribution in [2.75, 3.05) is 13.1 Å². The molecule has 3 heterocycles. The first-order valence-electron chi connectivity index (χ1n) is 7.10. The molecule has 108 valence electrons. The van der Waals surface area contributed by atoms with Crippen LogP contribution in [0.2, 0.25) is 0 Å². The Kier molecular flexibility index (Phi) is 3.50. The Balaban J connectivity index is 1.85. The van der Waals surface area contributed by atoms with Gasteiger partial charge in [-0.15, -0.1) is 11.3 Å². The molecule has 5 nitrogen and oxygen atoms in total. The van der Waals surface area contributed by atoms with Crippen molar-refractivity contribution in [2.45, 2.75) is 45.2 Å². The molecule has 2 saturated heterocycles. The molecule has 0 bridgehead atoms. The maximum absolute atomic E-state index is 12.7. The Bertz CT molecular complexity index is 542. The maximum atomic E-state index is 12.7. The molecular formula is C14H19N3O2S. The van der Waals surface area contributed by atoms with Gasteiger partial charge in [-0.05, 0) is 26.7 Å². The van der Waals surface area contributed by atoms with E-state index in [4.69, 9.17) is 0 Å². The van der Waals surface area contributed by atoms with Gasteiger partial charge in [0.1, 0.15) is 11.0 Å². The smallest absolute Gasteiger partial charge is 0.245 e. The molecule has 0 aromatic carbocycles. The molecule has 2 amide bonds. The van der Waals surface area contributed by atoms with Crippen LogP contribution in [0.3, 0.4) is 0 Å². The van der Waals surface area contributed by atoms with Crippen LogP contribution in [0.15, 0.2) is 6.20 Å². The minimum atomic E-state index is -0.242. The van der Waals surface area contributed by atoms with Gasteiger partial charge < -0.3 is 9.80 Å². The lowest BCUT2D eigenvalue weighted by atomic mass is 10.1. The monoisotopic (exact) mass is 293 g/mol. The summed E-state index contributed by atoms with van der Waals surface area (Å²) in [6.45, 7) is 5.25. The molecule has 3 rings (SSSR count). The van der Waals surface area contributed by atoms with Gasteiger partial charge >= 0.3 is 0 Å². The molecule has 0 saturated carbocycles. The quantitative estimate of drug-likeness (QED) is 0.834. The summed E-state index contributed by atoms with van der Waals surface area (Å²) in [5.74, 6) is 0.208. The molecule has 2 unspecified atom stereocenters. The number of rotatable bonds is 2. The van der Waals surface area contributed by atoms with E-state index in [-0.39, 0.29) is 23.9 Å². The largest absolute Gasteiger partial charge is 0.331 e. The zero-order chi connectivity index (χ0) is 14.3. The predicted molar refractivity (Wildman–Crippen MR) is 76.3 cm³/mol. The number of thiazole rings is 1. The van der Waals surface area contributed by atoms with Crippen molar-refractivity contribution >= 4 is 23.2 Å². The van der Waals surface area contributed by atoms with E-state index in [9.17, 15) is 9.59 Å². The van der Waals surface area contributed by atoms with Crippen molar-refractivity contribution in [3.05, 3.63) is 16.1 Å². The van der Waals surface area contributed by atoms with E-state index >= 15 is 0 Å². The van der Waals surface area contributed by atoms with Gasteiger partial charge in [-0.25, -0.2) is 4.98 Å². The van der Waals surface area contributed by atoms with Gasteiger partial charge in [-0.1, -0.05) is 0 Å². The van der Waals surface area contributed by atoms with E-state index in [2.05, 4.69) is 4.98 Å². The zero-order valence-corrected chi connectivity index (χ0v) is 12.7. The predicted octanol–water partition coefficient (Wildman–Crippen LogP) is 1.74. The highest BCUT2D eigenvalue weighted by Crippen LogP contribution is 2.30. The summed E-state index contributed by atoms with van der Waals surface area (Å²) in [7, 11) is 0. The second-order valence-electron chi connectivity index (χ2n) is 5.51. The SMILES string of the molecule is Cc1cnc(C(C)N2CCC(=O)N3CCCC3C2=O)s1. The standard InChI is InChI=1S/C14H19N3O2S/c1-9-8-15-13(20-9)10(2)16-7-5-12(18)17-6-3-4-11(17)14(16)19/h8,10-11H,3-7H2,1-2H3. The lowest BCUT2D eigenvalue weighted by Crippen LogP contribution is -2.44. The molecule has 1 aromatic rings. The third-order valence-electron chi connectivity index (χ3n) is 4.17. The Hall–Kier alpha value is -1.43. The van der Waals surface area contributed by atoms with Crippen LogP contribution < -0.4 is 0 Å². The van der Waals surface area contributed by atoms with Crippen LogP contribution in [0.4, 0.5) is 0 Å². The lowest BCUT2D eigenvalue weighted by Gasteiger charge is -2.29. The first kappa shape index (κ1) is 13.5. The highest BCUT2D eigenvalue weighted by Gasteiger charge is 2.41. The molecule has 0 spiro atoms. The normalized spacial score (nSPS) is 24.8. The summed E-state index contributed by atoms with van der Waals surface area (Å²) in [6.07, 6.45) is 3.99. The zero-order valence-electron chi connectivity index (χ0n) is 11.8. The number of carbonyl (C=O) groups excluding carboxylic acids is 2. The minimum Gasteiger partial charge on any atom is -0.331 e. The molecule has 0 N–H and O–H groups in total. The third-order valence-corrected chi connectivity index (χ3v) is 5.25. The summed E-state index contributed by atoms with van der Waals surface area (Å²) >= 11 is 1.62. The highest BCUT2D eigenvalue weighted by molar-refractivity contribution is 7.11. The molecule has 2 fully saturated rings. The lowest BCUT2D eigenvalue weighted by molar-refractivity contribution is -0.140. The van der Waals surface area contributed by atoms with Crippen LogP contribution in [-0.4, -0.2) is 45.7 Å². The van der Waals surface area contributed by atoms with Crippen LogP contribution in [-0.2, 0) is 9.59 Å². The number of amides is 2. The van der Waals surface area contributed by atoms with Crippen LogP contribution in [0.25, 0.3) is 0 Å². The Morgan fingerprint density at radius 1 is 1.40 bits per heavy atom. The first-order chi connectivity index (χ1) is 9.58. The van der Waals surface area contributed by atoms with Gasteiger partial charge in [0.05, 0.1) is 6.04 Å². The van der Waals surface area contributed by atoms with Crippen LogP contribution in [0.5, 0.6) is 0 Å². The summed E-state index contributed by atoms with van der Waals surface area (Å²) in [6, 6.07) is -0.289. The molecule has 1 aromatic heterocycles. The number of aromatic nitrogens is 1. The van der Waals surface area contributed by atoms with Crippen molar-refractivity contribution < 1.29 is 9.59 Å². The molecular weight excluding hydrogens is 274 g/mol. The second-order valence-corrected chi connectivity index (χ2v) is 6.78. The van der Waals surface area contributed by atoms with Crippen molar-refractivity contribution in [2.24, 2.45) is 0 Å². The summed E-state index contributed by atoms with van der Waals surface area (Å²) in [5.41, 5.74) is 0. The topological polar surface area (TPSA) is 53.5 Å². The maximum Gasteiger partial charge on any atom is 0.245 e. The fraction of sp³-hybridized carbons (Fsp3) is 0.643. The van der Waals surface area contributed by atoms with E-state index in [1.54, 1.807) is 16.2 Å². The van der Waals surface area contributed by atoms with Crippen molar-refractivity contribution in [3.63, 3.8) is 0 Å². The van der Waals surface area contributed by atoms with Crippen molar-refractivity contribution in [1.82, 2.24) is 14.8 Å². The number of carbonyl (C=O) groups is 2. The van der Waals surface area contributed by atoms with Gasteiger partial charge in [-0.2, -0.15) is 0 Å². The molecule has 2 atom stereocenters. The van der Waals surface area contributed by atoms with Crippen LogP contribution >= 0.6 is 11.3 Å². The van der Waals surface area contributed by atoms with Gasteiger partial charge in [0.25, 0.3) is 0 Å². The Morgan fingerprint density at radius 2 is 2.20 bits per heavy atom. The highest BCUT2D eigenvalue weighted by atomic mass is 32.1. The van der Waals surface area contributed by atoms with Crippen LogP contribution in [0.1, 0.15) is 42.1 Å². The molecule has 2 aliphatic heterocycles. The third kappa shape index (κ3) is 2.22. The van der Waals surface area contributed by atoms with Crippen molar-refractivity contribution in [3.8, 4) is 0 Å². The second kappa shape index (κ2) is 5.16. The van der Waals surface area contributed by atoms with E-state index in [0.29, 0.717) is 13.0 Å². The molecule has 2 aliphatic rings. The minimum absolute atomic E-state index is 0.0467. The molecule has 0 radical (unpaired) electrons. The van der Waals surface area contributed by atoms with E-state index in [1.807, 2.05) is 24.9 Å². The molecule has 20 heavy (non-hydrogen) atoms. The average molecular weight is 293 g/mol. The molecule has 0 aliphatic carbocycles. The number of fused-ring (bicyclic) bond motifs is 1. The molecule has 6 heteroatoms. The van der Waals surface area contributed by atoms with E-state index < -0.39 is 0 Å². The van der Waals surface area contributed by atoms with Gasteiger partial charge in [0.2, 0.25) is 11.8 Å². The number of hydrogen-bond acceptors (Lipinski definition) is 4. The van der Waals surface area contributed by atoms with Crippen molar-refractivity contribution in [1.29, 1.82) is 0 Å². The van der Waals surface area contributed by atoms with E-state index in [0.717, 1.165) is 29.3 Å². The number of hydrogen-bond donors (Lipinski definition) is 0. The average Bonchev–Trinajstić information content (AvgIpc) is 3.04. The summed E-state index contributed by atoms with van der Waals surface area (Å²) < 4.78 is 0. The summed E-state index contributed by atoms with van der Waals surface area (Å²) in [5, 5.41) is 0.953. The Morgan fingerprint density at radius 3 is 2.90 bits per heavy atom. The number of aryl methyl sites for hydroxylation is 1. The van der Waals surface area contributed by atoms with Gasteiger partial charge in [-0.3, -0.25) is 9.59 Å². The van der Waals surface area contributed by atoms with E-state index in [1.165, 1.54) is 0 Å². The fourth-order valence-corrected chi connectivity index (χ4v) is 3.90. The van der Waals surface area contributed by atoms with Crippen LogP contribution in [0, 0.1) is 6.92 Å². The Labute approximate surface area is 122 Å². The van der Waals surface area contributed by atoms with Gasteiger partial charge in [0, 0.05) is 30.6 Å².